The third-order valence-corrected chi connectivity index (χ3v) is 3.06. The molecule has 2 heteroatoms. The number of carbonyl (C=O) groups is 2. The summed E-state index contributed by atoms with van der Waals surface area (Å²) in [6.07, 6.45) is 7.98. The molecular weight excluding hydrogens is 200 g/mol. The predicted molar refractivity (Wildman–Crippen MR) is 62.0 cm³/mol. The zero-order valence-electron chi connectivity index (χ0n) is 8.69. The normalized spacial score (nSPS) is 17.2. The molecule has 1 aromatic rings. The van der Waals surface area contributed by atoms with E-state index in [4.69, 9.17) is 0 Å². The Labute approximate surface area is 92.6 Å². The van der Waals surface area contributed by atoms with Crippen LogP contribution in [0, 0.1) is 0 Å². The van der Waals surface area contributed by atoms with Crippen molar-refractivity contribution in [2.45, 2.75) is 12.8 Å². The molecule has 2 aliphatic rings. The number of carbonyl (C=O) groups excluding carboxylic acids is 2. The lowest BCUT2D eigenvalue weighted by Gasteiger charge is -2.13. The lowest BCUT2D eigenvalue weighted by Crippen LogP contribution is -2.27. The number of Topliss-reactive ketones (excluding diaryl/α,β-unsaturated/α-hetero) is 1. The maximum Gasteiger partial charge on any atom is 0.179 e. The number of benzene rings is 1. The molecule has 0 atom stereocenters. The summed E-state index contributed by atoms with van der Waals surface area (Å²) in [7, 11) is 0. The highest BCUT2D eigenvalue weighted by atomic mass is 16.1. The first-order valence-corrected chi connectivity index (χ1v) is 5.31. The molecule has 0 aliphatic heterocycles. The van der Waals surface area contributed by atoms with Crippen LogP contribution in [0.25, 0.3) is 18.2 Å². The lowest BCUT2D eigenvalue weighted by molar-refractivity contribution is -0.117. The molecule has 0 N–H and O–H groups in total. The van der Waals surface area contributed by atoms with Gasteiger partial charge in [-0.05, 0) is 33.7 Å². The number of rotatable bonds is 0. The summed E-state index contributed by atoms with van der Waals surface area (Å²) in [5.41, 5.74) is 2.09. The third-order valence-electron chi connectivity index (χ3n) is 3.06. The van der Waals surface area contributed by atoms with Gasteiger partial charge < -0.3 is 0 Å². The van der Waals surface area contributed by atoms with Crippen molar-refractivity contribution >= 4 is 29.8 Å². The molecule has 2 aliphatic carbocycles. The number of fused-ring (bicyclic) bond motifs is 3. The highest BCUT2D eigenvalue weighted by Gasteiger charge is 2.14. The minimum absolute atomic E-state index is 0.0126. The van der Waals surface area contributed by atoms with Gasteiger partial charge in [-0.3, -0.25) is 9.59 Å². The summed E-state index contributed by atoms with van der Waals surface area (Å²) in [6, 6.07) is 3.94. The average Bonchev–Trinajstić information content (AvgIpc) is 2.28. The molecule has 0 saturated carbocycles. The van der Waals surface area contributed by atoms with Crippen molar-refractivity contribution in [2.24, 2.45) is 0 Å². The second-order valence-electron chi connectivity index (χ2n) is 4.14. The van der Waals surface area contributed by atoms with Crippen LogP contribution in [0.4, 0.5) is 0 Å². The van der Waals surface area contributed by atoms with Gasteiger partial charge >= 0.3 is 0 Å². The van der Waals surface area contributed by atoms with Crippen LogP contribution >= 0.6 is 0 Å². The third kappa shape index (κ3) is 1.34. The van der Waals surface area contributed by atoms with Gasteiger partial charge in [-0.1, -0.05) is 24.3 Å². The van der Waals surface area contributed by atoms with Crippen LogP contribution < -0.4 is 10.4 Å². The van der Waals surface area contributed by atoms with Crippen molar-refractivity contribution in [1.29, 1.82) is 0 Å². The molecular formula is C14H10O2. The van der Waals surface area contributed by atoms with Gasteiger partial charge in [-0.2, -0.15) is 0 Å². The monoisotopic (exact) mass is 210 g/mol. The Hall–Kier alpha value is -1.96. The maximum atomic E-state index is 11.4. The Bertz CT molecular complexity index is 648. The van der Waals surface area contributed by atoms with E-state index in [1.165, 1.54) is 0 Å². The Balaban J connectivity index is 2.37. The van der Waals surface area contributed by atoms with Gasteiger partial charge in [0.2, 0.25) is 0 Å². The van der Waals surface area contributed by atoms with Gasteiger partial charge in [0.15, 0.2) is 5.78 Å². The SMILES string of the molecule is O=C1C=Cc2c3c(ccc2=C1)=CCC(=O)C3. The van der Waals surface area contributed by atoms with E-state index in [0.29, 0.717) is 12.8 Å². The van der Waals surface area contributed by atoms with Crippen LogP contribution in [-0.2, 0) is 16.0 Å². The van der Waals surface area contributed by atoms with E-state index in [2.05, 4.69) is 0 Å². The summed E-state index contributed by atoms with van der Waals surface area (Å²) < 4.78 is 0. The summed E-state index contributed by atoms with van der Waals surface area (Å²) in [6.45, 7) is 0. The van der Waals surface area contributed by atoms with E-state index in [0.717, 1.165) is 21.6 Å². The average molecular weight is 210 g/mol. The van der Waals surface area contributed by atoms with Crippen LogP contribution in [0.3, 0.4) is 0 Å². The van der Waals surface area contributed by atoms with E-state index in [-0.39, 0.29) is 11.6 Å². The fourth-order valence-corrected chi connectivity index (χ4v) is 2.27. The second kappa shape index (κ2) is 3.27. The van der Waals surface area contributed by atoms with Gasteiger partial charge in [0.25, 0.3) is 0 Å². The summed E-state index contributed by atoms with van der Waals surface area (Å²) in [5.74, 6) is 0.254. The summed E-state index contributed by atoms with van der Waals surface area (Å²) in [4.78, 5) is 22.7. The van der Waals surface area contributed by atoms with Crippen molar-refractivity contribution in [2.75, 3.05) is 0 Å². The highest BCUT2D eigenvalue weighted by Crippen LogP contribution is 2.11. The van der Waals surface area contributed by atoms with E-state index in [9.17, 15) is 9.59 Å². The number of allylic oxidation sites excluding steroid dienone is 1. The van der Waals surface area contributed by atoms with Crippen LogP contribution in [0.2, 0.25) is 0 Å². The molecule has 0 amide bonds. The molecule has 16 heavy (non-hydrogen) atoms. The molecule has 0 saturated heterocycles. The maximum absolute atomic E-state index is 11.4. The minimum Gasteiger partial charge on any atom is -0.299 e. The standard InChI is InChI=1S/C14H10O2/c15-11-5-6-13-10(7-11)2-1-9-3-4-12(16)8-14(9)13/h1-3,5-7H,4,8H2. The van der Waals surface area contributed by atoms with Gasteiger partial charge in [-0.15, -0.1) is 0 Å². The van der Waals surface area contributed by atoms with Crippen molar-refractivity contribution in [3.8, 4) is 0 Å². The topological polar surface area (TPSA) is 34.1 Å². The molecule has 0 unspecified atom stereocenters. The predicted octanol–water partition coefficient (Wildman–Crippen LogP) is 0.359. The molecule has 78 valence electrons. The molecule has 0 spiro atoms. The van der Waals surface area contributed by atoms with E-state index >= 15 is 0 Å². The van der Waals surface area contributed by atoms with Gasteiger partial charge in [-0.25, -0.2) is 0 Å². The number of hydrogen-bond donors (Lipinski definition) is 0. The quantitative estimate of drug-likeness (QED) is 0.619. The van der Waals surface area contributed by atoms with E-state index in [1.54, 1.807) is 12.2 Å². The van der Waals surface area contributed by atoms with Gasteiger partial charge in [0.05, 0.1) is 0 Å². The molecule has 3 rings (SSSR count). The molecule has 2 nitrogen and oxygen atoms in total. The Kier molecular flexibility index (Phi) is 1.90. The van der Waals surface area contributed by atoms with E-state index in [1.807, 2.05) is 24.3 Å². The molecule has 0 aromatic heterocycles. The fraction of sp³-hybridized carbons (Fsp3) is 0.143. The molecule has 1 aromatic carbocycles. The largest absolute Gasteiger partial charge is 0.299 e. The summed E-state index contributed by atoms with van der Waals surface area (Å²) >= 11 is 0. The molecule has 0 heterocycles. The second-order valence-corrected chi connectivity index (χ2v) is 4.14. The zero-order valence-corrected chi connectivity index (χ0v) is 8.69. The summed E-state index contributed by atoms with van der Waals surface area (Å²) in [5, 5.41) is 2.06. The van der Waals surface area contributed by atoms with Gasteiger partial charge in [0, 0.05) is 12.8 Å². The van der Waals surface area contributed by atoms with E-state index < -0.39 is 0 Å². The minimum atomic E-state index is 0.0126. The smallest absolute Gasteiger partial charge is 0.179 e. The molecule has 0 fully saturated rings. The fourth-order valence-electron chi connectivity index (χ4n) is 2.27. The first-order valence-electron chi connectivity index (χ1n) is 5.31. The highest BCUT2D eigenvalue weighted by molar-refractivity contribution is 6.17. The van der Waals surface area contributed by atoms with Crippen LogP contribution in [0.1, 0.15) is 17.5 Å². The van der Waals surface area contributed by atoms with Crippen molar-refractivity contribution < 1.29 is 9.59 Å². The first kappa shape index (κ1) is 9.28. The zero-order chi connectivity index (χ0) is 11.1. The van der Waals surface area contributed by atoms with Crippen molar-refractivity contribution in [1.82, 2.24) is 0 Å². The number of ketones is 2. The first-order chi connectivity index (χ1) is 7.74. The lowest BCUT2D eigenvalue weighted by atomic mass is 9.90. The van der Waals surface area contributed by atoms with Crippen LogP contribution in [0.5, 0.6) is 0 Å². The molecule has 0 radical (unpaired) electrons. The Morgan fingerprint density at radius 2 is 1.81 bits per heavy atom. The Morgan fingerprint density at radius 3 is 2.69 bits per heavy atom. The van der Waals surface area contributed by atoms with Crippen LogP contribution in [0.15, 0.2) is 18.2 Å². The Morgan fingerprint density at radius 1 is 1.00 bits per heavy atom. The molecule has 0 bridgehead atoms. The number of hydrogen-bond acceptors (Lipinski definition) is 2. The van der Waals surface area contributed by atoms with Crippen molar-refractivity contribution in [3.63, 3.8) is 0 Å². The van der Waals surface area contributed by atoms with Gasteiger partial charge in [0.1, 0.15) is 5.78 Å². The van der Waals surface area contributed by atoms with Crippen molar-refractivity contribution in [3.05, 3.63) is 39.8 Å². The van der Waals surface area contributed by atoms with Crippen LogP contribution in [-0.4, -0.2) is 11.6 Å².